The summed E-state index contributed by atoms with van der Waals surface area (Å²) in [5.41, 5.74) is 5.93. The number of carboxylic acids is 1. The van der Waals surface area contributed by atoms with Crippen molar-refractivity contribution in [1.29, 1.82) is 5.26 Å². The number of unbranched alkanes of at least 4 members (excludes halogenated alkanes) is 1. The fourth-order valence-electron chi connectivity index (χ4n) is 1.52. The molecule has 1 rings (SSSR count). The summed E-state index contributed by atoms with van der Waals surface area (Å²) >= 11 is 0. The van der Waals surface area contributed by atoms with Crippen LogP contribution < -0.4 is 15.8 Å². The van der Waals surface area contributed by atoms with Gasteiger partial charge in [-0.3, -0.25) is 9.59 Å². The predicted octanol–water partition coefficient (Wildman–Crippen LogP) is 1.11. The maximum absolute atomic E-state index is 11.7. The summed E-state index contributed by atoms with van der Waals surface area (Å²) in [6, 6.07) is 7.58. The van der Waals surface area contributed by atoms with Crippen LogP contribution in [0.15, 0.2) is 24.3 Å². The van der Waals surface area contributed by atoms with E-state index >= 15 is 0 Å². The van der Waals surface area contributed by atoms with Crippen molar-refractivity contribution < 1.29 is 19.4 Å². The Morgan fingerprint density at radius 1 is 1.48 bits per heavy atom. The molecule has 1 aromatic carbocycles. The zero-order valence-electron chi connectivity index (χ0n) is 11.4. The van der Waals surface area contributed by atoms with E-state index in [1.165, 1.54) is 0 Å². The van der Waals surface area contributed by atoms with E-state index in [4.69, 9.17) is 20.8 Å². The summed E-state index contributed by atoms with van der Waals surface area (Å²) in [7, 11) is 0. The molecule has 1 unspecified atom stereocenters. The maximum Gasteiger partial charge on any atom is 0.305 e. The van der Waals surface area contributed by atoms with E-state index in [-0.39, 0.29) is 0 Å². The summed E-state index contributed by atoms with van der Waals surface area (Å²) < 4.78 is 5.43. The number of nitrogens with two attached hydrogens (primary N) is 1. The van der Waals surface area contributed by atoms with E-state index in [0.717, 1.165) is 0 Å². The molecule has 7 nitrogen and oxygen atoms in total. The maximum atomic E-state index is 11.7. The van der Waals surface area contributed by atoms with Crippen molar-refractivity contribution >= 4 is 17.6 Å². The fourth-order valence-corrected chi connectivity index (χ4v) is 1.52. The second kappa shape index (κ2) is 8.55. The number of ether oxygens (including phenoxy) is 1. The highest BCUT2D eigenvalue weighted by Gasteiger charge is 2.17. The molecule has 0 aromatic heterocycles. The predicted molar refractivity (Wildman–Crippen MR) is 75.6 cm³/mol. The minimum Gasteiger partial charge on any atom is -0.493 e. The molecule has 0 aliphatic heterocycles. The Hall–Kier alpha value is -2.59. The number of nitriles is 1. The first-order valence-electron chi connectivity index (χ1n) is 6.41. The lowest BCUT2D eigenvalue weighted by atomic mass is 10.2. The van der Waals surface area contributed by atoms with Crippen molar-refractivity contribution in [1.82, 2.24) is 0 Å². The number of benzene rings is 1. The lowest BCUT2D eigenvalue weighted by Crippen LogP contribution is -2.37. The van der Waals surface area contributed by atoms with Crippen LogP contribution >= 0.6 is 0 Å². The van der Waals surface area contributed by atoms with Crippen molar-refractivity contribution in [3.8, 4) is 11.8 Å². The molecule has 0 radical (unpaired) electrons. The quantitative estimate of drug-likeness (QED) is 0.616. The number of carbonyl (C=O) groups is 2. The number of anilines is 1. The second-order valence-corrected chi connectivity index (χ2v) is 4.33. The van der Waals surface area contributed by atoms with Crippen molar-refractivity contribution in [3.05, 3.63) is 24.3 Å². The van der Waals surface area contributed by atoms with Gasteiger partial charge in [0, 0.05) is 18.2 Å². The Morgan fingerprint density at radius 3 is 2.90 bits per heavy atom. The minimum atomic E-state index is -1.13. The van der Waals surface area contributed by atoms with Gasteiger partial charge in [0.1, 0.15) is 5.75 Å². The van der Waals surface area contributed by atoms with Crippen LogP contribution in [0.5, 0.6) is 5.75 Å². The third-order valence-corrected chi connectivity index (χ3v) is 2.53. The molecule has 0 fully saturated rings. The van der Waals surface area contributed by atoms with Gasteiger partial charge in [-0.1, -0.05) is 6.07 Å². The average Bonchev–Trinajstić information content (AvgIpc) is 2.43. The number of nitrogens with one attached hydrogen (secondary N) is 1. The molecule has 112 valence electrons. The Balaban J connectivity index is 2.54. The Bertz CT molecular complexity index is 539. The van der Waals surface area contributed by atoms with Gasteiger partial charge in [0.05, 0.1) is 25.1 Å². The highest BCUT2D eigenvalue weighted by molar-refractivity contribution is 5.96. The first-order valence-corrected chi connectivity index (χ1v) is 6.41. The Kier molecular flexibility index (Phi) is 6.71. The largest absolute Gasteiger partial charge is 0.493 e. The standard InChI is InChI=1S/C14H17N3O4/c15-6-1-2-7-21-11-5-3-4-10(8-11)17-14(20)12(16)9-13(18)19/h3-5,8,12H,1-2,7,9,16H2,(H,17,20)(H,18,19). The molecule has 0 spiro atoms. The Labute approximate surface area is 122 Å². The lowest BCUT2D eigenvalue weighted by Gasteiger charge is -2.11. The number of nitrogens with zero attached hydrogens (tertiary/aromatic N) is 1. The average molecular weight is 291 g/mol. The van der Waals surface area contributed by atoms with E-state index in [2.05, 4.69) is 5.32 Å². The van der Waals surface area contributed by atoms with E-state index in [0.29, 0.717) is 30.9 Å². The first kappa shape index (κ1) is 16.5. The number of carboxylic acid groups (broad SMARTS) is 1. The molecule has 4 N–H and O–H groups in total. The van der Waals surface area contributed by atoms with Crippen molar-refractivity contribution in [2.45, 2.75) is 25.3 Å². The van der Waals surface area contributed by atoms with Crippen LogP contribution in [0, 0.1) is 11.3 Å². The van der Waals surface area contributed by atoms with Gasteiger partial charge in [0.15, 0.2) is 0 Å². The van der Waals surface area contributed by atoms with E-state index in [1.54, 1.807) is 24.3 Å². The van der Waals surface area contributed by atoms with Crippen molar-refractivity contribution in [3.63, 3.8) is 0 Å². The van der Waals surface area contributed by atoms with Gasteiger partial charge in [-0.25, -0.2) is 0 Å². The topological polar surface area (TPSA) is 125 Å². The van der Waals surface area contributed by atoms with Crippen molar-refractivity contribution in [2.75, 3.05) is 11.9 Å². The van der Waals surface area contributed by atoms with Gasteiger partial charge in [0.2, 0.25) is 5.91 Å². The molecule has 1 atom stereocenters. The van der Waals surface area contributed by atoms with Crippen LogP contribution in [0.4, 0.5) is 5.69 Å². The van der Waals surface area contributed by atoms with E-state index in [1.807, 2.05) is 6.07 Å². The zero-order chi connectivity index (χ0) is 15.7. The summed E-state index contributed by atoms with van der Waals surface area (Å²) in [5, 5.41) is 19.5. The third-order valence-electron chi connectivity index (χ3n) is 2.53. The summed E-state index contributed by atoms with van der Waals surface area (Å²) in [6.45, 7) is 0.406. The van der Waals surface area contributed by atoms with Crippen LogP contribution in [0.25, 0.3) is 0 Å². The summed E-state index contributed by atoms with van der Waals surface area (Å²) in [6.07, 6.45) is 0.604. The van der Waals surface area contributed by atoms with E-state index < -0.39 is 24.3 Å². The molecule has 0 heterocycles. The lowest BCUT2D eigenvalue weighted by molar-refractivity contribution is -0.138. The number of hydrogen-bond donors (Lipinski definition) is 3. The molecule has 7 heteroatoms. The number of carbonyl (C=O) groups excluding carboxylic acids is 1. The Morgan fingerprint density at radius 2 is 2.24 bits per heavy atom. The number of hydrogen-bond acceptors (Lipinski definition) is 5. The zero-order valence-corrected chi connectivity index (χ0v) is 11.4. The van der Waals surface area contributed by atoms with Gasteiger partial charge < -0.3 is 20.9 Å². The normalized spacial score (nSPS) is 11.2. The highest BCUT2D eigenvalue weighted by atomic mass is 16.5. The monoisotopic (exact) mass is 291 g/mol. The molecular formula is C14H17N3O4. The van der Waals surface area contributed by atoms with Crippen LogP contribution in [-0.4, -0.2) is 29.6 Å². The molecule has 0 saturated carbocycles. The summed E-state index contributed by atoms with van der Waals surface area (Å²) in [4.78, 5) is 22.2. The van der Waals surface area contributed by atoms with Gasteiger partial charge in [-0.15, -0.1) is 0 Å². The van der Waals surface area contributed by atoms with Crippen LogP contribution in [-0.2, 0) is 9.59 Å². The molecule has 0 saturated heterocycles. The molecule has 0 aliphatic rings. The SMILES string of the molecule is N#CCCCOc1cccc(NC(=O)C(N)CC(=O)O)c1. The van der Waals surface area contributed by atoms with Crippen LogP contribution in [0.1, 0.15) is 19.3 Å². The molecule has 0 aliphatic carbocycles. The first-order chi connectivity index (χ1) is 10.0. The van der Waals surface area contributed by atoms with Crippen LogP contribution in [0.2, 0.25) is 0 Å². The van der Waals surface area contributed by atoms with Gasteiger partial charge in [0.25, 0.3) is 0 Å². The highest BCUT2D eigenvalue weighted by Crippen LogP contribution is 2.17. The molecule has 0 bridgehead atoms. The van der Waals surface area contributed by atoms with Gasteiger partial charge in [-0.05, 0) is 18.6 Å². The van der Waals surface area contributed by atoms with Gasteiger partial charge >= 0.3 is 5.97 Å². The van der Waals surface area contributed by atoms with E-state index in [9.17, 15) is 9.59 Å². The smallest absolute Gasteiger partial charge is 0.305 e. The van der Waals surface area contributed by atoms with Crippen molar-refractivity contribution in [2.24, 2.45) is 5.73 Å². The third kappa shape index (κ3) is 6.40. The molecule has 1 aromatic rings. The molecular weight excluding hydrogens is 274 g/mol. The summed E-state index contributed by atoms with van der Waals surface area (Å²) in [5.74, 6) is -1.15. The fraction of sp³-hybridized carbons (Fsp3) is 0.357. The molecule has 21 heavy (non-hydrogen) atoms. The molecule has 1 amide bonds. The number of rotatable bonds is 8. The number of amides is 1. The van der Waals surface area contributed by atoms with Gasteiger partial charge in [-0.2, -0.15) is 5.26 Å². The van der Waals surface area contributed by atoms with Crippen LogP contribution in [0.3, 0.4) is 0 Å². The second-order valence-electron chi connectivity index (χ2n) is 4.33. The number of aliphatic carboxylic acids is 1. The minimum absolute atomic E-state index is 0.406.